The summed E-state index contributed by atoms with van der Waals surface area (Å²) >= 11 is 0. The molecule has 0 spiro atoms. The Kier molecular flexibility index (Phi) is 3.12. The molecule has 0 aliphatic carbocycles. The van der Waals surface area contributed by atoms with Crippen LogP contribution in [0.15, 0.2) is 12.1 Å². The number of nitrogens with zero attached hydrogens (tertiary/aromatic N) is 1. The molecule has 2 rings (SSSR count). The lowest BCUT2D eigenvalue weighted by atomic mass is 9.94. The molecular formula is C12H18N2O2. The maximum atomic E-state index is 10.3. The fraction of sp³-hybridized carbons (Fsp3) is 0.583. The smallest absolute Gasteiger partial charge is 0.213 e. The lowest BCUT2D eigenvalue weighted by molar-refractivity contribution is 0.0618. The third-order valence-electron chi connectivity index (χ3n) is 2.95. The van der Waals surface area contributed by atoms with Crippen molar-refractivity contribution in [3.05, 3.63) is 23.4 Å². The van der Waals surface area contributed by atoms with E-state index in [-0.39, 0.29) is 0 Å². The van der Waals surface area contributed by atoms with Gasteiger partial charge in [0.1, 0.15) is 0 Å². The summed E-state index contributed by atoms with van der Waals surface area (Å²) in [5, 5.41) is 13.5. The number of aliphatic hydroxyl groups is 1. The molecular weight excluding hydrogens is 204 g/mol. The number of ether oxygens (including phenoxy) is 1. The Morgan fingerprint density at radius 2 is 2.38 bits per heavy atom. The van der Waals surface area contributed by atoms with E-state index < -0.39 is 5.60 Å². The molecule has 1 unspecified atom stereocenters. The van der Waals surface area contributed by atoms with Crippen LogP contribution in [0.25, 0.3) is 0 Å². The second kappa shape index (κ2) is 4.39. The Morgan fingerprint density at radius 3 is 3.00 bits per heavy atom. The van der Waals surface area contributed by atoms with E-state index in [0.717, 1.165) is 24.2 Å². The molecule has 1 saturated heterocycles. The highest BCUT2D eigenvalue weighted by molar-refractivity contribution is 5.26. The van der Waals surface area contributed by atoms with Crippen LogP contribution in [0.2, 0.25) is 0 Å². The first-order chi connectivity index (χ1) is 7.61. The van der Waals surface area contributed by atoms with Crippen LogP contribution in [-0.4, -0.2) is 35.9 Å². The Bertz CT molecular complexity index is 373. The third-order valence-corrected chi connectivity index (χ3v) is 2.95. The quantitative estimate of drug-likeness (QED) is 0.789. The molecule has 0 saturated carbocycles. The van der Waals surface area contributed by atoms with Crippen molar-refractivity contribution in [2.24, 2.45) is 0 Å². The van der Waals surface area contributed by atoms with Gasteiger partial charge in [0, 0.05) is 24.7 Å². The molecule has 2 heterocycles. The first-order valence-corrected chi connectivity index (χ1v) is 5.56. The maximum absolute atomic E-state index is 10.3. The van der Waals surface area contributed by atoms with Crippen LogP contribution in [0.5, 0.6) is 5.88 Å². The molecule has 1 aromatic rings. The Balaban J connectivity index is 2.17. The molecule has 1 fully saturated rings. The molecule has 2 N–H and O–H groups in total. The lowest BCUT2D eigenvalue weighted by Crippen LogP contribution is -2.33. The Labute approximate surface area is 95.7 Å². The molecule has 1 aliphatic rings. The van der Waals surface area contributed by atoms with E-state index in [0.29, 0.717) is 18.8 Å². The SMILES string of the molecule is COc1cc(CC2(O)CCNC2)cc(C)n1. The topological polar surface area (TPSA) is 54.4 Å². The van der Waals surface area contributed by atoms with Crippen molar-refractivity contribution < 1.29 is 9.84 Å². The van der Waals surface area contributed by atoms with Crippen molar-refractivity contribution in [1.29, 1.82) is 0 Å². The number of rotatable bonds is 3. The minimum atomic E-state index is -0.612. The molecule has 1 aliphatic heterocycles. The molecule has 88 valence electrons. The van der Waals surface area contributed by atoms with Gasteiger partial charge in [-0.1, -0.05) is 0 Å². The number of aromatic nitrogens is 1. The number of hydrogen-bond acceptors (Lipinski definition) is 4. The monoisotopic (exact) mass is 222 g/mol. The summed E-state index contributed by atoms with van der Waals surface area (Å²) in [7, 11) is 1.61. The number of pyridine rings is 1. The number of hydrogen-bond donors (Lipinski definition) is 2. The number of nitrogens with one attached hydrogen (secondary N) is 1. The summed E-state index contributed by atoms with van der Waals surface area (Å²) in [6.07, 6.45) is 1.45. The largest absolute Gasteiger partial charge is 0.481 e. The summed E-state index contributed by atoms with van der Waals surface area (Å²) in [4.78, 5) is 4.23. The highest BCUT2D eigenvalue weighted by atomic mass is 16.5. The van der Waals surface area contributed by atoms with E-state index in [4.69, 9.17) is 4.74 Å². The van der Waals surface area contributed by atoms with E-state index >= 15 is 0 Å². The van der Waals surface area contributed by atoms with Crippen LogP contribution < -0.4 is 10.1 Å². The van der Waals surface area contributed by atoms with Crippen LogP contribution in [0.3, 0.4) is 0 Å². The Morgan fingerprint density at radius 1 is 1.56 bits per heavy atom. The van der Waals surface area contributed by atoms with Gasteiger partial charge in [-0.15, -0.1) is 0 Å². The van der Waals surface area contributed by atoms with Crippen molar-refractivity contribution >= 4 is 0 Å². The summed E-state index contributed by atoms with van der Waals surface area (Å²) in [6.45, 7) is 3.48. The van der Waals surface area contributed by atoms with Gasteiger partial charge < -0.3 is 15.2 Å². The zero-order valence-corrected chi connectivity index (χ0v) is 9.79. The van der Waals surface area contributed by atoms with Crippen molar-refractivity contribution in [3.63, 3.8) is 0 Å². The van der Waals surface area contributed by atoms with Crippen LogP contribution in [0.1, 0.15) is 17.7 Å². The van der Waals surface area contributed by atoms with Gasteiger partial charge in [-0.25, -0.2) is 4.98 Å². The molecule has 4 nitrogen and oxygen atoms in total. The highest BCUT2D eigenvalue weighted by Crippen LogP contribution is 2.22. The molecule has 0 aromatic carbocycles. The predicted molar refractivity (Wildman–Crippen MR) is 61.7 cm³/mol. The zero-order chi connectivity index (χ0) is 11.6. The van der Waals surface area contributed by atoms with Gasteiger partial charge in [0.25, 0.3) is 0 Å². The van der Waals surface area contributed by atoms with E-state index in [9.17, 15) is 5.11 Å². The number of aryl methyl sites for hydroxylation is 1. The van der Waals surface area contributed by atoms with Crippen molar-refractivity contribution in [1.82, 2.24) is 10.3 Å². The van der Waals surface area contributed by atoms with Gasteiger partial charge in [-0.3, -0.25) is 0 Å². The van der Waals surface area contributed by atoms with Crippen LogP contribution >= 0.6 is 0 Å². The summed E-state index contributed by atoms with van der Waals surface area (Å²) in [6, 6.07) is 3.89. The fourth-order valence-electron chi connectivity index (χ4n) is 2.17. The van der Waals surface area contributed by atoms with Crippen LogP contribution in [-0.2, 0) is 6.42 Å². The number of β-amino-alcohol motifs (C(OH)–C–C–N with tert-alkyl or cyclic N) is 1. The van der Waals surface area contributed by atoms with E-state index in [1.54, 1.807) is 7.11 Å². The van der Waals surface area contributed by atoms with Gasteiger partial charge in [-0.05, 0) is 31.5 Å². The molecule has 1 atom stereocenters. The maximum Gasteiger partial charge on any atom is 0.213 e. The van der Waals surface area contributed by atoms with Crippen molar-refractivity contribution in [2.45, 2.75) is 25.4 Å². The normalized spacial score (nSPS) is 24.7. The van der Waals surface area contributed by atoms with E-state index in [2.05, 4.69) is 10.3 Å². The standard InChI is InChI=1S/C12H18N2O2/c1-9-5-10(6-11(14-9)16-2)7-12(15)3-4-13-8-12/h5-6,13,15H,3-4,7-8H2,1-2H3. The molecule has 1 aromatic heterocycles. The van der Waals surface area contributed by atoms with Gasteiger partial charge in [-0.2, -0.15) is 0 Å². The lowest BCUT2D eigenvalue weighted by Gasteiger charge is -2.21. The molecule has 0 bridgehead atoms. The summed E-state index contributed by atoms with van der Waals surface area (Å²) in [5.41, 5.74) is 1.39. The van der Waals surface area contributed by atoms with Gasteiger partial charge >= 0.3 is 0 Å². The minimum Gasteiger partial charge on any atom is -0.481 e. The number of methoxy groups -OCH3 is 1. The average molecular weight is 222 g/mol. The second-order valence-electron chi connectivity index (χ2n) is 4.49. The first kappa shape index (κ1) is 11.4. The zero-order valence-electron chi connectivity index (χ0n) is 9.79. The van der Waals surface area contributed by atoms with Crippen molar-refractivity contribution in [2.75, 3.05) is 20.2 Å². The first-order valence-electron chi connectivity index (χ1n) is 5.56. The van der Waals surface area contributed by atoms with E-state index in [1.165, 1.54) is 0 Å². The molecule has 0 radical (unpaired) electrons. The van der Waals surface area contributed by atoms with Crippen molar-refractivity contribution in [3.8, 4) is 5.88 Å². The minimum absolute atomic E-state index is 0.612. The summed E-state index contributed by atoms with van der Waals surface area (Å²) in [5.74, 6) is 0.615. The second-order valence-corrected chi connectivity index (χ2v) is 4.49. The predicted octanol–water partition coefficient (Wildman–Crippen LogP) is 0.666. The molecule has 16 heavy (non-hydrogen) atoms. The van der Waals surface area contributed by atoms with Crippen LogP contribution in [0, 0.1) is 6.92 Å². The molecule has 0 amide bonds. The fourth-order valence-corrected chi connectivity index (χ4v) is 2.17. The van der Waals surface area contributed by atoms with Gasteiger partial charge in [0.05, 0.1) is 12.7 Å². The van der Waals surface area contributed by atoms with Crippen LogP contribution in [0.4, 0.5) is 0 Å². The van der Waals surface area contributed by atoms with Gasteiger partial charge in [0.15, 0.2) is 0 Å². The third kappa shape index (κ3) is 2.51. The molecule has 4 heteroatoms. The van der Waals surface area contributed by atoms with Gasteiger partial charge in [0.2, 0.25) is 5.88 Å². The Hall–Kier alpha value is -1.13. The van der Waals surface area contributed by atoms with E-state index in [1.807, 2.05) is 19.1 Å². The highest BCUT2D eigenvalue weighted by Gasteiger charge is 2.31. The summed E-state index contributed by atoms with van der Waals surface area (Å²) < 4.78 is 5.12. The average Bonchev–Trinajstić information content (AvgIpc) is 2.63.